The van der Waals surface area contributed by atoms with E-state index in [1.165, 1.54) is 0 Å². The average molecular weight is 280 g/mol. The second-order valence-corrected chi connectivity index (χ2v) is 4.91. The Labute approximate surface area is 118 Å². The Kier molecular flexibility index (Phi) is 6.56. The Morgan fingerprint density at radius 1 is 1.20 bits per heavy atom. The normalized spacial score (nSPS) is 10.3. The summed E-state index contributed by atoms with van der Waals surface area (Å²) in [5, 5.41) is 8.64. The van der Waals surface area contributed by atoms with Crippen molar-refractivity contribution in [1.29, 1.82) is 0 Å². The predicted molar refractivity (Wildman–Crippen MR) is 73.7 cm³/mol. The lowest BCUT2D eigenvalue weighted by Gasteiger charge is -2.08. The molecule has 0 aliphatic carbocycles. The predicted octanol–water partition coefficient (Wildman–Crippen LogP) is 2.28. The van der Waals surface area contributed by atoms with Crippen LogP contribution >= 0.6 is 0 Å². The lowest BCUT2D eigenvalue weighted by Crippen LogP contribution is -2.16. The smallest absolute Gasteiger partial charge is 0.344 e. The number of carbonyl (C=O) groups is 2. The first kappa shape index (κ1) is 16.0. The molecule has 1 aromatic rings. The standard InChI is InChI=1S/C15H20O5/c1-11(2)7-8-19-15(18)10-20-13-5-3-12(4-6-13)9-14(16)17/h3-6,11H,7-10H2,1-2H3,(H,16,17). The lowest BCUT2D eigenvalue weighted by molar-refractivity contribution is -0.146. The van der Waals surface area contributed by atoms with Gasteiger partial charge in [0.15, 0.2) is 6.61 Å². The molecule has 1 N–H and O–H groups in total. The molecule has 0 aliphatic rings. The van der Waals surface area contributed by atoms with Crippen molar-refractivity contribution >= 4 is 11.9 Å². The van der Waals surface area contributed by atoms with Gasteiger partial charge in [-0.05, 0) is 30.0 Å². The van der Waals surface area contributed by atoms with Crippen LogP contribution in [0.3, 0.4) is 0 Å². The number of carbonyl (C=O) groups excluding carboxylic acids is 1. The van der Waals surface area contributed by atoms with Crippen molar-refractivity contribution in [1.82, 2.24) is 0 Å². The highest BCUT2D eigenvalue weighted by Gasteiger charge is 2.06. The molecule has 0 bridgehead atoms. The number of carboxylic acids is 1. The van der Waals surface area contributed by atoms with Crippen LogP contribution in [0.25, 0.3) is 0 Å². The van der Waals surface area contributed by atoms with Crippen LogP contribution < -0.4 is 4.74 Å². The number of benzene rings is 1. The van der Waals surface area contributed by atoms with E-state index in [9.17, 15) is 9.59 Å². The van der Waals surface area contributed by atoms with Gasteiger partial charge in [0.1, 0.15) is 5.75 Å². The topological polar surface area (TPSA) is 72.8 Å². The summed E-state index contributed by atoms with van der Waals surface area (Å²) in [5.74, 6) is -0.280. The van der Waals surface area contributed by atoms with Gasteiger partial charge in [-0.25, -0.2) is 4.79 Å². The van der Waals surface area contributed by atoms with Crippen molar-refractivity contribution in [2.75, 3.05) is 13.2 Å². The van der Waals surface area contributed by atoms with Crippen LogP contribution in [-0.2, 0) is 20.7 Å². The molecule has 1 rings (SSSR count). The summed E-state index contributed by atoms with van der Waals surface area (Å²) in [7, 11) is 0. The van der Waals surface area contributed by atoms with Crippen molar-refractivity contribution in [3.8, 4) is 5.75 Å². The summed E-state index contributed by atoms with van der Waals surface area (Å²) in [6, 6.07) is 6.60. The number of hydrogen-bond donors (Lipinski definition) is 1. The maximum absolute atomic E-state index is 11.4. The van der Waals surface area contributed by atoms with E-state index in [2.05, 4.69) is 13.8 Å². The largest absolute Gasteiger partial charge is 0.482 e. The minimum Gasteiger partial charge on any atom is -0.482 e. The van der Waals surface area contributed by atoms with Gasteiger partial charge in [-0.3, -0.25) is 4.79 Å². The molecule has 0 radical (unpaired) electrons. The molecule has 0 unspecified atom stereocenters. The highest BCUT2D eigenvalue weighted by molar-refractivity contribution is 5.71. The summed E-state index contributed by atoms with van der Waals surface area (Å²) in [6.07, 6.45) is 0.799. The highest BCUT2D eigenvalue weighted by Crippen LogP contribution is 2.12. The molecule has 0 fully saturated rings. The third kappa shape index (κ3) is 6.78. The fraction of sp³-hybridized carbons (Fsp3) is 0.467. The first-order valence-corrected chi connectivity index (χ1v) is 6.56. The van der Waals surface area contributed by atoms with Gasteiger partial charge in [-0.15, -0.1) is 0 Å². The molecule has 0 atom stereocenters. The fourth-order valence-corrected chi connectivity index (χ4v) is 1.47. The number of carboxylic acid groups (broad SMARTS) is 1. The number of esters is 1. The van der Waals surface area contributed by atoms with Crippen LogP contribution in [0.4, 0.5) is 0 Å². The number of aliphatic carboxylic acids is 1. The van der Waals surface area contributed by atoms with Gasteiger partial charge >= 0.3 is 11.9 Å². The van der Waals surface area contributed by atoms with Crippen molar-refractivity contribution in [3.05, 3.63) is 29.8 Å². The molecular formula is C15H20O5. The Bertz CT molecular complexity index is 436. The first-order valence-electron chi connectivity index (χ1n) is 6.56. The second-order valence-electron chi connectivity index (χ2n) is 4.91. The van der Waals surface area contributed by atoms with Crippen LogP contribution in [0.2, 0.25) is 0 Å². The van der Waals surface area contributed by atoms with E-state index in [0.29, 0.717) is 23.8 Å². The molecule has 0 amide bonds. The van der Waals surface area contributed by atoms with Gasteiger partial charge in [-0.1, -0.05) is 26.0 Å². The van der Waals surface area contributed by atoms with Gasteiger partial charge in [0, 0.05) is 0 Å². The van der Waals surface area contributed by atoms with Gasteiger partial charge in [-0.2, -0.15) is 0 Å². The highest BCUT2D eigenvalue weighted by atomic mass is 16.6. The van der Waals surface area contributed by atoms with E-state index in [1.807, 2.05) is 0 Å². The summed E-state index contributed by atoms with van der Waals surface area (Å²) in [5.41, 5.74) is 0.685. The molecule has 1 aromatic carbocycles. The Morgan fingerprint density at radius 3 is 2.40 bits per heavy atom. The third-order valence-electron chi connectivity index (χ3n) is 2.59. The van der Waals surface area contributed by atoms with Crippen LogP contribution in [0.15, 0.2) is 24.3 Å². The summed E-state index contributed by atoms with van der Waals surface area (Å²) < 4.78 is 10.3. The molecule has 0 saturated carbocycles. The maximum atomic E-state index is 11.4. The minimum atomic E-state index is -0.882. The van der Waals surface area contributed by atoms with Crippen molar-refractivity contribution in [2.45, 2.75) is 26.7 Å². The molecular weight excluding hydrogens is 260 g/mol. The molecule has 20 heavy (non-hydrogen) atoms. The van der Waals surface area contributed by atoms with Gasteiger partial charge in [0.2, 0.25) is 0 Å². The van der Waals surface area contributed by atoms with Crippen LogP contribution in [0.1, 0.15) is 25.8 Å². The van der Waals surface area contributed by atoms with E-state index in [4.69, 9.17) is 14.6 Å². The third-order valence-corrected chi connectivity index (χ3v) is 2.59. The van der Waals surface area contributed by atoms with E-state index >= 15 is 0 Å². The van der Waals surface area contributed by atoms with E-state index in [1.54, 1.807) is 24.3 Å². The zero-order valence-electron chi connectivity index (χ0n) is 11.8. The Morgan fingerprint density at radius 2 is 1.85 bits per heavy atom. The first-order chi connectivity index (χ1) is 9.47. The van der Waals surface area contributed by atoms with E-state index < -0.39 is 11.9 Å². The van der Waals surface area contributed by atoms with Gasteiger partial charge in [0.25, 0.3) is 0 Å². The zero-order chi connectivity index (χ0) is 15.0. The summed E-state index contributed by atoms with van der Waals surface area (Å²) >= 11 is 0. The summed E-state index contributed by atoms with van der Waals surface area (Å²) in [6.45, 7) is 4.37. The molecule has 110 valence electrons. The van der Waals surface area contributed by atoms with Crippen molar-refractivity contribution in [2.24, 2.45) is 5.92 Å². The molecule has 0 aromatic heterocycles. The maximum Gasteiger partial charge on any atom is 0.344 e. The monoisotopic (exact) mass is 280 g/mol. The second kappa shape index (κ2) is 8.19. The van der Waals surface area contributed by atoms with Crippen molar-refractivity contribution in [3.63, 3.8) is 0 Å². The van der Waals surface area contributed by atoms with Gasteiger partial charge in [0.05, 0.1) is 13.0 Å². The zero-order valence-corrected chi connectivity index (χ0v) is 11.8. The molecule has 0 aliphatic heterocycles. The molecule has 0 spiro atoms. The van der Waals surface area contributed by atoms with Crippen molar-refractivity contribution < 1.29 is 24.2 Å². The number of ether oxygens (including phenoxy) is 2. The van der Waals surface area contributed by atoms with E-state index in [-0.39, 0.29) is 13.0 Å². The Hall–Kier alpha value is -2.04. The van der Waals surface area contributed by atoms with Crippen LogP contribution in [-0.4, -0.2) is 30.3 Å². The quantitative estimate of drug-likeness (QED) is 0.740. The van der Waals surface area contributed by atoms with Crippen LogP contribution in [0, 0.1) is 5.92 Å². The molecule has 5 heteroatoms. The number of rotatable bonds is 8. The molecule has 5 nitrogen and oxygen atoms in total. The number of hydrogen-bond acceptors (Lipinski definition) is 4. The fourth-order valence-electron chi connectivity index (χ4n) is 1.47. The van der Waals surface area contributed by atoms with Crippen LogP contribution in [0.5, 0.6) is 5.75 Å². The minimum absolute atomic E-state index is 0.0302. The molecule has 0 heterocycles. The Balaban J connectivity index is 2.30. The molecule has 0 saturated heterocycles. The lowest BCUT2D eigenvalue weighted by atomic mass is 10.1. The average Bonchev–Trinajstić information content (AvgIpc) is 2.37. The SMILES string of the molecule is CC(C)CCOC(=O)COc1ccc(CC(=O)O)cc1. The van der Waals surface area contributed by atoms with Gasteiger partial charge < -0.3 is 14.6 Å². The van der Waals surface area contributed by atoms with E-state index in [0.717, 1.165) is 6.42 Å². The summed E-state index contributed by atoms with van der Waals surface area (Å²) in [4.78, 5) is 21.9.